The van der Waals surface area contributed by atoms with Gasteiger partial charge in [-0.05, 0) is 78.9 Å². The Morgan fingerprint density at radius 1 is 0.811 bits per heavy atom. The lowest BCUT2D eigenvalue weighted by Gasteiger charge is -2.14. The van der Waals surface area contributed by atoms with Crippen LogP contribution < -0.4 is 10.0 Å². The molecule has 2 N–H and O–H groups in total. The molecule has 37 heavy (non-hydrogen) atoms. The molecule has 0 saturated carbocycles. The third-order valence-corrected chi connectivity index (χ3v) is 7.87. The molecule has 0 aliphatic rings. The normalized spacial score (nSPS) is 11.1. The van der Waals surface area contributed by atoms with Crippen LogP contribution in [0.4, 0.5) is 17.1 Å². The van der Waals surface area contributed by atoms with Gasteiger partial charge >= 0.3 is 0 Å². The van der Waals surface area contributed by atoms with Gasteiger partial charge in [0.25, 0.3) is 21.6 Å². The van der Waals surface area contributed by atoms with Gasteiger partial charge in [-0.2, -0.15) is 0 Å². The van der Waals surface area contributed by atoms with Gasteiger partial charge in [-0.1, -0.05) is 35.0 Å². The molecule has 4 aromatic carbocycles. The number of nitro groups is 1. The highest BCUT2D eigenvalue weighted by Crippen LogP contribution is 2.30. The lowest BCUT2D eigenvalue weighted by molar-refractivity contribution is -0.384. The highest BCUT2D eigenvalue weighted by atomic mass is 35.5. The van der Waals surface area contributed by atoms with E-state index in [-0.39, 0.29) is 26.9 Å². The van der Waals surface area contributed by atoms with Crippen molar-refractivity contribution in [1.29, 1.82) is 0 Å². The first-order valence-corrected chi connectivity index (χ1v) is 13.6. The number of amides is 1. The second-order valence-corrected chi connectivity index (χ2v) is 11.3. The molecule has 0 fully saturated rings. The van der Waals surface area contributed by atoms with E-state index < -0.39 is 20.9 Å². The Labute approximate surface area is 226 Å². The van der Waals surface area contributed by atoms with Gasteiger partial charge in [-0.3, -0.25) is 19.6 Å². The maximum atomic E-state index is 13.0. The predicted octanol–water partition coefficient (Wildman–Crippen LogP) is 7.11. The molecule has 8 nitrogen and oxygen atoms in total. The first-order valence-electron chi connectivity index (χ1n) is 10.5. The van der Waals surface area contributed by atoms with E-state index in [9.17, 15) is 23.3 Å². The Hall–Kier alpha value is -3.57. The van der Waals surface area contributed by atoms with Crippen molar-refractivity contribution in [2.24, 2.45) is 0 Å². The first kappa shape index (κ1) is 26.5. The number of rotatable bonds is 8. The minimum Gasteiger partial charge on any atom is -0.322 e. The molecule has 12 heteroatoms. The summed E-state index contributed by atoms with van der Waals surface area (Å²) in [6.07, 6.45) is 0. The number of hydrogen-bond acceptors (Lipinski definition) is 6. The monoisotopic (exact) mass is 573 g/mol. The number of non-ortho nitro benzene ring substituents is 1. The number of nitro benzene ring substituents is 1. The Morgan fingerprint density at radius 2 is 1.38 bits per heavy atom. The predicted molar refractivity (Wildman–Crippen MR) is 145 cm³/mol. The topological polar surface area (TPSA) is 118 Å². The molecule has 1 amide bonds. The van der Waals surface area contributed by atoms with E-state index in [1.807, 2.05) is 0 Å². The van der Waals surface area contributed by atoms with Crippen molar-refractivity contribution in [2.45, 2.75) is 14.7 Å². The third-order valence-electron chi connectivity index (χ3n) is 4.99. The van der Waals surface area contributed by atoms with E-state index in [0.29, 0.717) is 10.7 Å². The Bertz CT molecular complexity index is 1560. The average molecular weight is 574 g/mol. The fourth-order valence-electron chi connectivity index (χ4n) is 3.19. The standard InChI is InChI=1S/C25H17Cl2N3O5S2/c26-16-1-12-22(13-2-16)37(34,35)29-24-14-3-17(27)15-23(24)25(31)28-18-4-8-20(9-5-18)36-21-10-6-19(7-11-21)30(32)33/h1-15,29H,(H,28,31). The summed E-state index contributed by atoms with van der Waals surface area (Å²) >= 11 is 13.3. The lowest BCUT2D eigenvalue weighted by atomic mass is 10.1. The molecular weight excluding hydrogens is 557 g/mol. The molecule has 0 aliphatic heterocycles. The van der Waals surface area contributed by atoms with Gasteiger partial charge in [0, 0.05) is 37.7 Å². The molecule has 0 radical (unpaired) electrons. The molecular formula is C25H17Cl2N3O5S2. The number of nitrogens with one attached hydrogen (secondary N) is 2. The fraction of sp³-hybridized carbons (Fsp3) is 0. The molecule has 0 bridgehead atoms. The number of anilines is 2. The average Bonchev–Trinajstić information content (AvgIpc) is 2.87. The summed E-state index contributed by atoms with van der Waals surface area (Å²) in [5.74, 6) is -0.563. The molecule has 4 aromatic rings. The van der Waals surface area contributed by atoms with Gasteiger partial charge in [0.05, 0.1) is 21.1 Å². The van der Waals surface area contributed by atoms with Gasteiger partial charge in [-0.25, -0.2) is 8.42 Å². The highest BCUT2D eigenvalue weighted by Gasteiger charge is 2.19. The van der Waals surface area contributed by atoms with Crippen LogP contribution in [0.2, 0.25) is 10.0 Å². The van der Waals surface area contributed by atoms with E-state index >= 15 is 0 Å². The molecule has 0 unspecified atom stereocenters. The minimum atomic E-state index is -3.99. The van der Waals surface area contributed by atoms with Crippen LogP contribution >= 0.6 is 35.0 Å². The number of sulfonamides is 1. The number of benzene rings is 4. The quantitative estimate of drug-likeness (QED) is 0.171. The maximum Gasteiger partial charge on any atom is 0.269 e. The number of carbonyl (C=O) groups is 1. The molecule has 0 spiro atoms. The first-order chi connectivity index (χ1) is 17.6. The lowest BCUT2D eigenvalue weighted by Crippen LogP contribution is -2.18. The highest BCUT2D eigenvalue weighted by molar-refractivity contribution is 7.99. The SMILES string of the molecule is O=C(Nc1ccc(Sc2ccc([N+](=O)[O-])cc2)cc1)c1cc(Cl)ccc1NS(=O)(=O)c1ccc(Cl)cc1. The molecule has 0 aromatic heterocycles. The molecule has 0 saturated heterocycles. The van der Waals surface area contributed by atoms with Crippen molar-refractivity contribution in [3.63, 3.8) is 0 Å². The van der Waals surface area contributed by atoms with Crippen LogP contribution in [-0.4, -0.2) is 19.2 Å². The summed E-state index contributed by atoms with van der Waals surface area (Å²) in [4.78, 5) is 25.0. The Balaban J connectivity index is 1.48. The van der Waals surface area contributed by atoms with Crippen LogP contribution in [0.1, 0.15) is 10.4 Å². The van der Waals surface area contributed by atoms with E-state index in [4.69, 9.17) is 23.2 Å². The number of carbonyl (C=O) groups excluding carboxylic acids is 1. The van der Waals surface area contributed by atoms with Gasteiger partial charge in [0.1, 0.15) is 0 Å². The number of hydrogen-bond donors (Lipinski definition) is 2. The van der Waals surface area contributed by atoms with Gasteiger partial charge in [0.15, 0.2) is 0 Å². The zero-order valence-corrected chi connectivity index (χ0v) is 21.9. The zero-order valence-electron chi connectivity index (χ0n) is 18.7. The summed E-state index contributed by atoms with van der Waals surface area (Å²) in [6.45, 7) is 0. The second-order valence-electron chi connectivity index (χ2n) is 7.58. The Kier molecular flexibility index (Phi) is 8.03. The van der Waals surface area contributed by atoms with Crippen LogP contribution in [0.25, 0.3) is 0 Å². The van der Waals surface area contributed by atoms with E-state index in [2.05, 4.69) is 10.0 Å². The second kappa shape index (κ2) is 11.2. The molecule has 0 aliphatic carbocycles. The van der Waals surface area contributed by atoms with Crippen LogP contribution in [0.15, 0.2) is 106 Å². The molecule has 188 valence electrons. The summed E-state index contributed by atoms with van der Waals surface area (Å²) in [5.41, 5.74) is 0.583. The van der Waals surface area contributed by atoms with E-state index in [0.717, 1.165) is 9.79 Å². The van der Waals surface area contributed by atoms with Crippen molar-refractivity contribution in [2.75, 3.05) is 10.0 Å². The number of halogens is 2. The largest absolute Gasteiger partial charge is 0.322 e. The van der Waals surface area contributed by atoms with Crippen LogP contribution in [0.5, 0.6) is 0 Å². The van der Waals surface area contributed by atoms with Crippen LogP contribution in [0.3, 0.4) is 0 Å². The van der Waals surface area contributed by atoms with E-state index in [1.54, 1.807) is 36.4 Å². The molecule has 0 atom stereocenters. The van der Waals surface area contributed by atoms with E-state index in [1.165, 1.54) is 66.4 Å². The fourth-order valence-corrected chi connectivity index (χ4v) is 5.38. The van der Waals surface area contributed by atoms with Crippen molar-refractivity contribution in [3.05, 3.63) is 117 Å². The van der Waals surface area contributed by atoms with Crippen LogP contribution in [-0.2, 0) is 10.0 Å². The summed E-state index contributed by atoms with van der Waals surface area (Å²) in [5, 5.41) is 14.2. The third kappa shape index (κ3) is 6.80. The van der Waals surface area contributed by atoms with Crippen molar-refractivity contribution < 1.29 is 18.1 Å². The zero-order chi connectivity index (χ0) is 26.6. The summed E-state index contributed by atoms with van der Waals surface area (Å²) in [6, 6.07) is 23.0. The van der Waals surface area contributed by atoms with Crippen molar-refractivity contribution in [3.8, 4) is 0 Å². The van der Waals surface area contributed by atoms with Crippen LogP contribution in [0, 0.1) is 10.1 Å². The molecule has 0 heterocycles. The van der Waals surface area contributed by atoms with Gasteiger partial charge < -0.3 is 5.32 Å². The number of nitrogens with zero attached hydrogens (tertiary/aromatic N) is 1. The van der Waals surface area contributed by atoms with Gasteiger partial charge in [0.2, 0.25) is 0 Å². The smallest absolute Gasteiger partial charge is 0.269 e. The molecule has 4 rings (SSSR count). The van der Waals surface area contributed by atoms with Crippen molar-refractivity contribution >= 4 is 68.0 Å². The summed E-state index contributed by atoms with van der Waals surface area (Å²) < 4.78 is 28.1. The Morgan fingerprint density at radius 3 is 1.97 bits per heavy atom. The maximum absolute atomic E-state index is 13.0. The van der Waals surface area contributed by atoms with Crippen molar-refractivity contribution in [1.82, 2.24) is 0 Å². The minimum absolute atomic E-state index is 0.0123. The van der Waals surface area contributed by atoms with Gasteiger partial charge in [-0.15, -0.1) is 0 Å². The summed E-state index contributed by atoms with van der Waals surface area (Å²) in [7, 11) is -3.99.